The molecule has 0 saturated heterocycles. The van der Waals surface area contributed by atoms with Gasteiger partial charge in [-0.25, -0.2) is 23.1 Å². The molecule has 0 unspecified atom stereocenters. The second kappa shape index (κ2) is 11.6. The van der Waals surface area contributed by atoms with Crippen molar-refractivity contribution in [2.24, 2.45) is 5.92 Å². The van der Waals surface area contributed by atoms with E-state index < -0.39 is 21.3 Å². The number of nitrogens with one attached hydrogen (secondary N) is 1. The third-order valence-electron chi connectivity index (χ3n) is 6.79. The van der Waals surface area contributed by atoms with Gasteiger partial charge in [0.05, 0.1) is 22.4 Å². The Balaban J connectivity index is 1.66. The number of amides is 1. The number of sulfonamides is 1. The van der Waals surface area contributed by atoms with Crippen molar-refractivity contribution in [3.8, 4) is 5.88 Å². The van der Waals surface area contributed by atoms with Gasteiger partial charge in [-0.05, 0) is 61.1 Å². The smallest absolute Gasteiger partial charge is 0.264 e. The van der Waals surface area contributed by atoms with E-state index >= 15 is 0 Å². The van der Waals surface area contributed by atoms with Crippen molar-refractivity contribution in [1.29, 1.82) is 0 Å². The molecule has 39 heavy (non-hydrogen) atoms. The largest absolute Gasteiger partial charge is 0.477 e. The molecule has 0 radical (unpaired) electrons. The van der Waals surface area contributed by atoms with Crippen LogP contribution in [0.15, 0.2) is 72.8 Å². The van der Waals surface area contributed by atoms with Gasteiger partial charge in [-0.2, -0.15) is 0 Å². The predicted octanol–water partition coefficient (Wildman–Crippen LogP) is 4.94. The lowest BCUT2D eigenvalue weighted by Gasteiger charge is -2.21. The van der Waals surface area contributed by atoms with Crippen LogP contribution in [0.25, 0.3) is 10.9 Å². The van der Waals surface area contributed by atoms with Gasteiger partial charge in [0.25, 0.3) is 10.0 Å². The Hall–Kier alpha value is -3.72. The van der Waals surface area contributed by atoms with E-state index in [1.807, 2.05) is 31.7 Å². The first-order valence-corrected chi connectivity index (χ1v) is 14.7. The molecule has 0 atom stereocenters. The van der Waals surface area contributed by atoms with E-state index in [-0.39, 0.29) is 10.8 Å². The van der Waals surface area contributed by atoms with Gasteiger partial charge in [-0.1, -0.05) is 39.0 Å². The average Bonchev–Trinajstić information content (AvgIpc) is 3.73. The minimum Gasteiger partial charge on any atom is -0.477 e. The monoisotopic (exact) mass is 548 g/mol. The fraction of sp³-hybridized carbons (Fsp3) is 0.367. The van der Waals surface area contributed by atoms with Gasteiger partial charge in [0.15, 0.2) is 0 Å². The van der Waals surface area contributed by atoms with Gasteiger partial charge in [-0.3, -0.25) is 4.79 Å². The molecule has 1 aliphatic rings. The maximum absolute atomic E-state index is 13.6. The van der Waals surface area contributed by atoms with Crippen molar-refractivity contribution >= 4 is 32.7 Å². The van der Waals surface area contributed by atoms with E-state index in [0.29, 0.717) is 60.7 Å². The molecule has 1 aliphatic carbocycles. The molecule has 0 aliphatic heterocycles. The highest BCUT2D eigenvalue weighted by Crippen LogP contribution is 2.51. The molecule has 8 nitrogen and oxygen atoms in total. The van der Waals surface area contributed by atoms with Crippen molar-refractivity contribution in [2.45, 2.75) is 50.3 Å². The molecule has 1 N–H and O–H groups in total. The molecule has 1 saturated carbocycles. The van der Waals surface area contributed by atoms with Crippen LogP contribution < -0.4 is 14.4 Å². The lowest BCUT2D eigenvalue weighted by molar-refractivity contribution is -0.121. The van der Waals surface area contributed by atoms with Crippen LogP contribution in [-0.2, 0) is 26.7 Å². The second-order valence-corrected chi connectivity index (χ2v) is 11.9. The third-order valence-corrected chi connectivity index (χ3v) is 8.18. The minimum absolute atomic E-state index is 0.00101. The number of hydrogen-bond donors (Lipinski definition) is 1. The van der Waals surface area contributed by atoms with E-state index in [4.69, 9.17) is 4.74 Å². The number of pyridine rings is 2. The highest BCUT2D eigenvalue weighted by atomic mass is 32.2. The molecule has 206 valence electrons. The van der Waals surface area contributed by atoms with Gasteiger partial charge < -0.3 is 9.64 Å². The van der Waals surface area contributed by atoms with E-state index in [0.717, 1.165) is 12.0 Å². The summed E-state index contributed by atoms with van der Waals surface area (Å²) in [6, 6.07) is 10.3. The average molecular weight is 549 g/mol. The topological polar surface area (TPSA) is 101 Å². The minimum atomic E-state index is -4.19. The van der Waals surface area contributed by atoms with Crippen LogP contribution in [0.4, 0.5) is 5.82 Å². The summed E-state index contributed by atoms with van der Waals surface area (Å²) < 4.78 is 35.4. The molecule has 9 heteroatoms. The van der Waals surface area contributed by atoms with Crippen LogP contribution >= 0.6 is 0 Å². The molecule has 2 heterocycles. The Morgan fingerprint density at radius 1 is 1.18 bits per heavy atom. The first kappa shape index (κ1) is 28.3. The number of hydrogen-bond acceptors (Lipinski definition) is 7. The third kappa shape index (κ3) is 5.98. The Kier molecular flexibility index (Phi) is 8.39. The summed E-state index contributed by atoms with van der Waals surface area (Å²) in [5.74, 6) is 0.763. The summed E-state index contributed by atoms with van der Waals surface area (Å²) in [5, 5.41) is 0.430. The number of carbonyl (C=O) groups excluding carboxylic acids is 1. The number of aryl methyl sites for hydroxylation is 1. The van der Waals surface area contributed by atoms with Gasteiger partial charge in [0.1, 0.15) is 5.82 Å². The molecule has 3 aromatic rings. The zero-order valence-corrected chi connectivity index (χ0v) is 23.6. The maximum Gasteiger partial charge on any atom is 0.264 e. The second-order valence-electron chi connectivity index (χ2n) is 10.2. The SMILES string of the molecule is C=CCN(CC=C)c1ccc2c(S(=O)(=O)NC(=O)C3(c4cc(CC)cnc4OCC(C)C)CC3)cccc2n1. The predicted molar refractivity (Wildman–Crippen MR) is 155 cm³/mol. The standard InChI is InChI=1S/C30H36N4O4S/c1-6-16-34(17-7-2)27-13-12-23-25(32-27)10-9-11-26(23)39(36,37)33-29(35)30(14-15-30)24-18-22(8-3)19-31-28(24)38-20-21(4)5/h6-7,9-13,18-19,21H,1-2,8,14-17,20H2,3-5H3,(H,33,35). The Morgan fingerprint density at radius 3 is 2.51 bits per heavy atom. The zero-order chi connectivity index (χ0) is 28.2. The lowest BCUT2D eigenvalue weighted by atomic mass is 9.94. The molecule has 0 spiro atoms. The molecular formula is C30H36N4O4S. The molecule has 0 bridgehead atoms. The van der Waals surface area contributed by atoms with Crippen molar-refractivity contribution in [3.05, 3.63) is 79.0 Å². The number of rotatable bonds is 13. The Bertz CT molecular complexity index is 1490. The van der Waals surface area contributed by atoms with Crippen molar-refractivity contribution in [2.75, 3.05) is 24.6 Å². The first-order valence-electron chi connectivity index (χ1n) is 13.2. The highest BCUT2D eigenvalue weighted by Gasteiger charge is 2.54. The summed E-state index contributed by atoms with van der Waals surface area (Å²) in [5.41, 5.74) is 1.11. The molecule has 4 rings (SSSR count). The quantitative estimate of drug-likeness (QED) is 0.302. The maximum atomic E-state index is 13.6. The number of anilines is 1. The van der Waals surface area contributed by atoms with Crippen LogP contribution in [-0.4, -0.2) is 44.0 Å². The fourth-order valence-electron chi connectivity index (χ4n) is 4.51. The number of fused-ring (bicyclic) bond motifs is 1. The van der Waals surface area contributed by atoms with Gasteiger partial charge >= 0.3 is 0 Å². The summed E-state index contributed by atoms with van der Waals surface area (Å²) >= 11 is 0. The summed E-state index contributed by atoms with van der Waals surface area (Å²) in [7, 11) is -4.19. The number of nitrogens with zero attached hydrogens (tertiary/aromatic N) is 3. The molecular weight excluding hydrogens is 512 g/mol. The Labute approximate surface area is 230 Å². The fourth-order valence-corrected chi connectivity index (χ4v) is 5.78. The number of aromatic nitrogens is 2. The Morgan fingerprint density at radius 2 is 1.90 bits per heavy atom. The van der Waals surface area contributed by atoms with Crippen molar-refractivity contribution < 1.29 is 17.9 Å². The number of carbonyl (C=O) groups is 1. The lowest BCUT2D eigenvalue weighted by Crippen LogP contribution is -2.39. The van der Waals surface area contributed by atoms with Gasteiger partial charge in [0.2, 0.25) is 11.8 Å². The van der Waals surface area contributed by atoms with Gasteiger partial charge in [-0.15, -0.1) is 13.2 Å². The van der Waals surface area contributed by atoms with Crippen molar-refractivity contribution in [3.63, 3.8) is 0 Å². The van der Waals surface area contributed by atoms with E-state index in [1.54, 1.807) is 42.6 Å². The van der Waals surface area contributed by atoms with Crippen molar-refractivity contribution in [1.82, 2.24) is 14.7 Å². The van der Waals surface area contributed by atoms with E-state index in [2.05, 4.69) is 27.8 Å². The van der Waals surface area contributed by atoms with E-state index in [1.165, 1.54) is 6.07 Å². The van der Waals surface area contributed by atoms with Crippen LogP contribution in [0.1, 0.15) is 44.7 Å². The number of benzene rings is 1. The van der Waals surface area contributed by atoms with Crippen LogP contribution in [0.2, 0.25) is 0 Å². The first-order chi connectivity index (χ1) is 18.6. The molecule has 1 aromatic carbocycles. The summed E-state index contributed by atoms with van der Waals surface area (Å²) in [4.78, 5) is 24.7. The summed E-state index contributed by atoms with van der Waals surface area (Å²) in [6.45, 7) is 15.2. The zero-order valence-electron chi connectivity index (χ0n) is 22.8. The molecule has 1 amide bonds. The van der Waals surface area contributed by atoms with E-state index in [9.17, 15) is 13.2 Å². The number of ether oxygens (including phenoxy) is 1. The van der Waals surface area contributed by atoms with Crippen LogP contribution in [0, 0.1) is 5.92 Å². The normalized spacial score (nSPS) is 14.2. The van der Waals surface area contributed by atoms with Crippen LogP contribution in [0.3, 0.4) is 0 Å². The molecule has 2 aromatic heterocycles. The van der Waals surface area contributed by atoms with Gasteiger partial charge in [0, 0.05) is 30.2 Å². The van der Waals surface area contributed by atoms with Crippen LogP contribution in [0.5, 0.6) is 5.88 Å². The summed E-state index contributed by atoms with van der Waals surface area (Å²) in [6.07, 6.45) is 7.05. The highest BCUT2D eigenvalue weighted by molar-refractivity contribution is 7.90. The molecule has 1 fully saturated rings.